The zero-order valence-electron chi connectivity index (χ0n) is 14.5. The number of carbonyl (C=O) groups is 3. The molecule has 0 bridgehead atoms. The standard InChI is InChI=1S/C16H27N3O5/c1-6-13(20)17-10-12(11-18-14(21)7-2)24-9-8-19(15(22)23)16(3,4)5/h6-7,12H,1-2,8-11H2,3-5H3,(H,17,20)(H,18,21)(H,22,23). The van der Waals surface area contributed by atoms with Crippen molar-refractivity contribution >= 4 is 17.9 Å². The minimum Gasteiger partial charge on any atom is -0.465 e. The van der Waals surface area contributed by atoms with Crippen LogP contribution in [0.3, 0.4) is 0 Å². The summed E-state index contributed by atoms with van der Waals surface area (Å²) >= 11 is 0. The second kappa shape index (κ2) is 10.4. The zero-order chi connectivity index (χ0) is 18.8. The van der Waals surface area contributed by atoms with Crippen LogP contribution >= 0.6 is 0 Å². The van der Waals surface area contributed by atoms with Gasteiger partial charge in [-0.05, 0) is 32.9 Å². The number of carboxylic acid groups (broad SMARTS) is 1. The third-order valence-electron chi connectivity index (χ3n) is 3.09. The van der Waals surface area contributed by atoms with Gasteiger partial charge in [-0.2, -0.15) is 0 Å². The van der Waals surface area contributed by atoms with Gasteiger partial charge in [0.1, 0.15) is 0 Å². The van der Waals surface area contributed by atoms with Gasteiger partial charge >= 0.3 is 6.09 Å². The smallest absolute Gasteiger partial charge is 0.407 e. The maximum atomic E-state index is 11.3. The molecule has 0 spiro atoms. The number of amides is 3. The fourth-order valence-electron chi connectivity index (χ4n) is 1.79. The van der Waals surface area contributed by atoms with E-state index < -0.39 is 17.7 Å². The molecule has 0 aromatic carbocycles. The summed E-state index contributed by atoms with van der Waals surface area (Å²) in [5, 5.41) is 14.4. The number of hydrogen-bond acceptors (Lipinski definition) is 4. The van der Waals surface area contributed by atoms with Crippen LogP contribution < -0.4 is 10.6 Å². The second-order valence-electron chi connectivity index (χ2n) is 6.00. The Bertz CT molecular complexity index is 447. The van der Waals surface area contributed by atoms with E-state index in [2.05, 4.69) is 23.8 Å². The van der Waals surface area contributed by atoms with Crippen molar-refractivity contribution in [3.63, 3.8) is 0 Å². The first-order chi connectivity index (χ1) is 11.1. The number of nitrogens with one attached hydrogen (secondary N) is 2. The topological polar surface area (TPSA) is 108 Å². The molecule has 0 rings (SSSR count). The van der Waals surface area contributed by atoms with Crippen molar-refractivity contribution in [3.05, 3.63) is 25.3 Å². The monoisotopic (exact) mass is 341 g/mol. The fourth-order valence-corrected chi connectivity index (χ4v) is 1.79. The van der Waals surface area contributed by atoms with E-state index in [0.717, 1.165) is 12.2 Å². The summed E-state index contributed by atoms with van der Waals surface area (Å²) in [5.41, 5.74) is -0.557. The molecule has 8 nitrogen and oxygen atoms in total. The van der Waals surface area contributed by atoms with Crippen molar-refractivity contribution in [2.45, 2.75) is 32.4 Å². The van der Waals surface area contributed by atoms with E-state index in [4.69, 9.17) is 4.74 Å². The van der Waals surface area contributed by atoms with Crippen molar-refractivity contribution in [2.75, 3.05) is 26.2 Å². The molecule has 136 valence electrons. The summed E-state index contributed by atoms with van der Waals surface area (Å²) in [5.74, 6) is -0.721. The molecule has 0 heterocycles. The van der Waals surface area contributed by atoms with Gasteiger partial charge in [0.05, 0.1) is 12.7 Å². The summed E-state index contributed by atoms with van der Waals surface area (Å²) < 4.78 is 5.60. The van der Waals surface area contributed by atoms with Gasteiger partial charge in [-0.3, -0.25) is 9.59 Å². The van der Waals surface area contributed by atoms with Crippen molar-refractivity contribution in [3.8, 4) is 0 Å². The van der Waals surface area contributed by atoms with Crippen LogP contribution in [0.15, 0.2) is 25.3 Å². The highest BCUT2D eigenvalue weighted by Crippen LogP contribution is 2.12. The van der Waals surface area contributed by atoms with Crippen molar-refractivity contribution in [2.24, 2.45) is 0 Å². The lowest BCUT2D eigenvalue weighted by Gasteiger charge is -2.33. The molecular weight excluding hydrogens is 314 g/mol. The van der Waals surface area contributed by atoms with E-state index in [9.17, 15) is 19.5 Å². The highest BCUT2D eigenvalue weighted by molar-refractivity contribution is 5.87. The summed E-state index contributed by atoms with van der Waals surface area (Å²) in [7, 11) is 0. The van der Waals surface area contributed by atoms with Crippen molar-refractivity contribution < 1.29 is 24.2 Å². The van der Waals surface area contributed by atoms with E-state index in [-0.39, 0.29) is 38.1 Å². The predicted molar refractivity (Wildman–Crippen MR) is 90.6 cm³/mol. The Balaban J connectivity index is 4.58. The molecule has 0 aromatic heterocycles. The van der Waals surface area contributed by atoms with Crippen LogP contribution in [0, 0.1) is 0 Å². The van der Waals surface area contributed by atoms with Crippen LogP contribution in [0.2, 0.25) is 0 Å². The number of ether oxygens (including phenoxy) is 1. The molecule has 8 heteroatoms. The van der Waals surface area contributed by atoms with Crippen LogP contribution in [0.5, 0.6) is 0 Å². The van der Waals surface area contributed by atoms with Gasteiger partial charge in [-0.15, -0.1) is 0 Å². The highest BCUT2D eigenvalue weighted by atomic mass is 16.5. The van der Waals surface area contributed by atoms with E-state index in [1.54, 1.807) is 20.8 Å². The predicted octanol–water partition coefficient (Wildman–Crippen LogP) is 0.755. The molecule has 0 fully saturated rings. The average Bonchev–Trinajstić information content (AvgIpc) is 2.50. The molecule has 0 aliphatic rings. The first-order valence-electron chi connectivity index (χ1n) is 7.54. The van der Waals surface area contributed by atoms with E-state index >= 15 is 0 Å². The van der Waals surface area contributed by atoms with E-state index in [0.29, 0.717) is 0 Å². The fraction of sp³-hybridized carbons (Fsp3) is 0.562. The highest BCUT2D eigenvalue weighted by Gasteiger charge is 2.26. The average molecular weight is 341 g/mol. The largest absolute Gasteiger partial charge is 0.465 e. The summed E-state index contributed by atoms with van der Waals surface area (Å²) in [6.07, 6.45) is 0.715. The number of hydrogen-bond donors (Lipinski definition) is 3. The third kappa shape index (κ3) is 8.94. The Hall–Kier alpha value is -2.35. The van der Waals surface area contributed by atoms with Crippen LogP contribution in [0.1, 0.15) is 20.8 Å². The maximum Gasteiger partial charge on any atom is 0.407 e. The molecule has 0 saturated carbocycles. The summed E-state index contributed by atoms with van der Waals surface area (Å²) in [6, 6.07) is 0. The molecule has 0 aromatic rings. The molecule has 24 heavy (non-hydrogen) atoms. The van der Waals surface area contributed by atoms with Gasteiger partial charge in [0.15, 0.2) is 0 Å². The van der Waals surface area contributed by atoms with Crippen LogP contribution in [-0.4, -0.2) is 65.8 Å². The zero-order valence-corrected chi connectivity index (χ0v) is 14.5. The lowest BCUT2D eigenvalue weighted by Crippen LogP contribution is -2.47. The SMILES string of the molecule is C=CC(=O)NCC(CNC(=O)C=C)OCCN(C(=O)O)C(C)(C)C. The Morgan fingerprint density at radius 1 is 1.12 bits per heavy atom. The van der Waals surface area contributed by atoms with Crippen LogP contribution in [0.25, 0.3) is 0 Å². The molecule has 3 amide bonds. The van der Waals surface area contributed by atoms with Gasteiger partial charge < -0.3 is 25.4 Å². The molecular formula is C16H27N3O5. The summed E-state index contributed by atoms with van der Waals surface area (Å²) in [6.45, 7) is 12.7. The minimum atomic E-state index is -1.04. The molecule has 3 N–H and O–H groups in total. The molecule has 0 aliphatic carbocycles. The van der Waals surface area contributed by atoms with Gasteiger partial charge in [0, 0.05) is 25.2 Å². The lowest BCUT2D eigenvalue weighted by molar-refractivity contribution is -0.117. The molecule has 0 aliphatic heterocycles. The normalized spacial score (nSPS) is 10.8. The van der Waals surface area contributed by atoms with Gasteiger partial charge in [-0.25, -0.2) is 4.79 Å². The second-order valence-corrected chi connectivity index (χ2v) is 6.00. The number of nitrogens with zero attached hydrogens (tertiary/aromatic N) is 1. The molecule has 0 radical (unpaired) electrons. The maximum absolute atomic E-state index is 11.3. The van der Waals surface area contributed by atoms with Crippen LogP contribution in [0.4, 0.5) is 4.79 Å². The molecule has 0 saturated heterocycles. The van der Waals surface area contributed by atoms with Crippen molar-refractivity contribution in [1.82, 2.24) is 15.5 Å². The van der Waals surface area contributed by atoms with Gasteiger partial charge in [-0.1, -0.05) is 13.2 Å². The Kier molecular flexibility index (Phi) is 9.41. The van der Waals surface area contributed by atoms with E-state index in [1.807, 2.05) is 0 Å². The minimum absolute atomic E-state index is 0.127. The van der Waals surface area contributed by atoms with Crippen LogP contribution in [-0.2, 0) is 14.3 Å². The summed E-state index contributed by atoms with van der Waals surface area (Å²) in [4.78, 5) is 35.0. The number of rotatable bonds is 10. The van der Waals surface area contributed by atoms with Crippen molar-refractivity contribution in [1.29, 1.82) is 0 Å². The van der Waals surface area contributed by atoms with Gasteiger partial charge in [0.2, 0.25) is 11.8 Å². The Morgan fingerprint density at radius 2 is 1.58 bits per heavy atom. The first kappa shape index (κ1) is 21.6. The Labute approximate surface area is 142 Å². The molecule has 0 atom stereocenters. The third-order valence-corrected chi connectivity index (χ3v) is 3.09. The molecule has 0 unspecified atom stereocenters. The number of carbonyl (C=O) groups excluding carboxylic acids is 2. The lowest BCUT2D eigenvalue weighted by atomic mass is 10.1. The van der Waals surface area contributed by atoms with E-state index in [1.165, 1.54) is 4.90 Å². The first-order valence-corrected chi connectivity index (χ1v) is 7.54. The quantitative estimate of drug-likeness (QED) is 0.508. The van der Waals surface area contributed by atoms with Gasteiger partial charge in [0.25, 0.3) is 0 Å². The Morgan fingerprint density at radius 3 is 1.92 bits per heavy atom.